The second-order valence-electron chi connectivity index (χ2n) is 5.53. The highest BCUT2D eigenvalue weighted by molar-refractivity contribution is 6.04. The average molecular weight is 345 g/mol. The summed E-state index contributed by atoms with van der Waals surface area (Å²) in [5.41, 5.74) is 2.66. The molecule has 0 atom stereocenters. The van der Waals surface area contributed by atoms with Crippen LogP contribution >= 0.6 is 0 Å². The molecule has 2 aromatic heterocycles. The van der Waals surface area contributed by atoms with Crippen molar-refractivity contribution >= 4 is 16.9 Å². The fraction of sp³-hybridized carbons (Fsp3) is 0.278. The molecule has 0 fully saturated rings. The average Bonchev–Trinajstić information content (AvgIpc) is 3.08. The maximum Gasteiger partial charge on any atom is 0.339 e. The summed E-state index contributed by atoms with van der Waals surface area (Å²) >= 11 is 0. The van der Waals surface area contributed by atoms with Gasteiger partial charge in [-0.3, -0.25) is 9.55 Å². The molecule has 0 radical (unpaired) electrons. The highest BCUT2D eigenvalue weighted by atomic mass is 19.3. The van der Waals surface area contributed by atoms with Crippen molar-refractivity contribution in [3.05, 3.63) is 59.3 Å². The summed E-state index contributed by atoms with van der Waals surface area (Å²) in [6.45, 7) is 0.716. The molecule has 0 saturated carbocycles. The second-order valence-corrected chi connectivity index (χ2v) is 5.53. The van der Waals surface area contributed by atoms with E-state index in [1.807, 2.05) is 32.0 Å². The zero-order valence-electron chi connectivity index (χ0n) is 13.9. The van der Waals surface area contributed by atoms with Gasteiger partial charge in [0.15, 0.2) is 5.82 Å². The molecule has 3 rings (SSSR count). The SMILES string of the molecule is CCc1nc2ccccc2c(C(=O)OCc2nccn2C(F)F)c1C. The van der Waals surface area contributed by atoms with Crippen LogP contribution < -0.4 is 0 Å². The van der Waals surface area contributed by atoms with Gasteiger partial charge in [0.2, 0.25) is 0 Å². The van der Waals surface area contributed by atoms with E-state index >= 15 is 0 Å². The van der Waals surface area contributed by atoms with Gasteiger partial charge in [0.05, 0.1) is 11.1 Å². The zero-order chi connectivity index (χ0) is 18.0. The Hall–Kier alpha value is -2.83. The lowest BCUT2D eigenvalue weighted by Gasteiger charge is -2.13. The Balaban J connectivity index is 1.94. The first kappa shape index (κ1) is 17.0. The summed E-state index contributed by atoms with van der Waals surface area (Å²) in [5, 5.41) is 0.680. The largest absolute Gasteiger partial charge is 0.454 e. The fourth-order valence-corrected chi connectivity index (χ4v) is 2.80. The third kappa shape index (κ3) is 3.22. The van der Waals surface area contributed by atoms with E-state index in [1.165, 1.54) is 6.20 Å². The number of aryl methyl sites for hydroxylation is 1. The molecule has 0 unspecified atom stereocenters. The molecule has 3 aromatic rings. The van der Waals surface area contributed by atoms with Crippen LogP contribution in [0.25, 0.3) is 10.9 Å². The molecule has 0 aliphatic rings. The first-order valence-electron chi connectivity index (χ1n) is 7.88. The molecule has 130 valence electrons. The molecular weight excluding hydrogens is 328 g/mol. The van der Waals surface area contributed by atoms with E-state index in [2.05, 4.69) is 9.97 Å². The van der Waals surface area contributed by atoms with Crippen molar-refractivity contribution in [2.75, 3.05) is 0 Å². The van der Waals surface area contributed by atoms with Crippen LogP contribution in [0.15, 0.2) is 36.7 Å². The molecule has 0 saturated heterocycles. The van der Waals surface area contributed by atoms with E-state index in [4.69, 9.17) is 4.74 Å². The van der Waals surface area contributed by atoms with Gasteiger partial charge in [0.25, 0.3) is 0 Å². The number of rotatable bonds is 5. The number of hydrogen-bond acceptors (Lipinski definition) is 4. The van der Waals surface area contributed by atoms with Gasteiger partial charge in [-0.25, -0.2) is 9.78 Å². The zero-order valence-corrected chi connectivity index (χ0v) is 13.9. The monoisotopic (exact) mass is 345 g/mol. The van der Waals surface area contributed by atoms with Crippen molar-refractivity contribution in [1.29, 1.82) is 0 Å². The number of esters is 1. The number of para-hydroxylation sites is 1. The molecule has 7 heteroatoms. The van der Waals surface area contributed by atoms with Gasteiger partial charge in [-0.15, -0.1) is 0 Å². The highest BCUT2D eigenvalue weighted by Gasteiger charge is 2.20. The molecule has 0 N–H and O–H groups in total. The number of aromatic nitrogens is 3. The summed E-state index contributed by atoms with van der Waals surface area (Å²) in [5.74, 6) is -0.579. The summed E-state index contributed by atoms with van der Waals surface area (Å²) in [6, 6.07) is 7.29. The molecular formula is C18H17F2N3O2. The van der Waals surface area contributed by atoms with Crippen molar-refractivity contribution in [2.24, 2.45) is 0 Å². The Bertz CT molecular complexity index is 922. The van der Waals surface area contributed by atoms with E-state index in [1.54, 1.807) is 6.07 Å². The third-order valence-electron chi connectivity index (χ3n) is 4.07. The Morgan fingerprint density at radius 2 is 2.08 bits per heavy atom. The van der Waals surface area contributed by atoms with Crippen molar-refractivity contribution < 1.29 is 18.3 Å². The predicted molar refractivity (Wildman–Crippen MR) is 88.5 cm³/mol. The van der Waals surface area contributed by atoms with Crippen molar-refractivity contribution in [1.82, 2.24) is 14.5 Å². The molecule has 0 amide bonds. The number of alkyl halides is 2. The standard InChI is InChI=1S/C18H17F2N3O2/c1-3-13-11(2)16(12-6-4-5-7-14(12)22-13)17(24)25-10-15-21-8-9-23(15)18(19)20/h4-9,18H,3,10H2,1-2H3. The summed E-state index contributed by atoms with van der Waals surface area (Å²) in [7, 11) is 0. The minimum atomic E-state index is -2.73. The number of halogens is 2. The van der Waals surface area contributed by atoms with Crippen LogP contribution in [-0.4, -0.2) is 20.5 Å². The molecule has 0 spiro atoms. The van der Waals surface area contributed by atoms with Gasteiger partial charge in [-0.1, -0.05) is 25.1 Å². The number of fused-ring (bicyclic) bond motifs is 1. The lowest BCUT2D eigenvalue weighted by atomic mass is 10.0. The molecule has 1 aromatic carbocycles. The first-order valence-corrected chi connectivity index (χ1v) is 7.88. The van der Waals surface area contributed by atoms with Crippen LogP contribution in [0, 0.1) is 6.92 Å². The quantitative estimate of drug-likeness (QED) is 0.655. The van der Waals surface area contributed by atoms with E-state index in [0.29, 0.717) is 27.5 Å². The van der Waals surface area contributed by atoms with Gasteiger partial charge in [0, 0.05) is 23.5 Å². The number of carbonyl (C=O) groups is 1. The normalized spacial score (nSPS) is 11.2. The Morgan fingerprint density at radius 3 is 2.80 bits per heavy atom. The Morgan fingerprint density at radius 1 is 1.32 bits per heavy atom. The topological polar surface area (TPSA) is 57.0 Å². The number of benzene rings is 1. The smallest absolute Gasteiger partial charge is 0.339 e. The van der Waals surface area contributed by atoms with E-state index in [-0.39, 0.29) is 12.4 Å². The number of hydrogen-bond donors (Lipinski definition) is 0. The van der Waals surface area contributed by atoms with E-state index in [0.717, 1.165) is 17.5 Å². The molecule has 0 bridgehead atoms. The maximum atomic E-state index is 12.9. The third-order valence-corrected chi connectivity index (χ3v) is 4.07. The molecule has 0 aliphatic heterocycles. The molecule has 0 aliphatic carbocycles. The van der Waals surface area contributed by atoms with Crippen LogP contribution in [-0.2, 0) is 17.8 Å². The van der Waals surface area contributed by atoms with Gasteiger partial charge in [0.1, 0.15) is 6.61 Å². The summed E-state index contributed by atoms with van der Waals surface area (Å²) in [4.78, 5) is 21.0. The van der Waals surface area contributed by atoms with Gasteiger partial charge in [-0.2, -0.15) is 8.78 Å². The number of nitrogens with zero attached hydrogens (tertiary/aromatic N) is 3. The predicted octanol–water partition coefficient (Wildman–Crippen LogP) is 4.05. The Kier molecular flexibility index (Phi) is 4.74. The van der Waals surface area contributed by atoms with Crippen molar-refractivity contribution in [3.63, 3.8) is 0 Å². The van der Waals surface area contributed by atoms with Crippen LogP contribution in [0.4, 0.5) is 8.78 Å². The number of imidazole rings is 1. The van der Waals surface area contributed by atoms with Gasteiger partial charge < -0.3 is 4.74 Å². The van der Waals surface area contributed by atoms with Gasteiger partial charge in [-0.05, 0) is 25.0 Å². The molecule has 2 heterocycles. The van der Waals surface area contributed by atoms with E-state index in [9.17, 15) is 13.6 Å². The Labute approximate surface area is 143 Å². The summed E-state index contributed by atoms with van der Waals surface area (Å²) in [6.07, 6.45) is 3.07. The lowest BCUT2D eigenvalue weighted by Crippen LogP contribution is -2.13. The van der Waals surface area contributed by atoms with Crippen LogP contribution in [0.1, 0.15) is 40.9 Å². The number of pyridine rings is 1. The summed E-state index contributed by atoms with van der Waals surface area (Å²) < 4.78 is 31.6. The minimum Gasteiger partial charge on any atom is -0.454 e. The van der Waals surface area contributed by atoms with Crippen LogP contribution in [0.2, 0.25) is 0 Å². The van der Waals surface area contributed by atoms with Crippen molar-refractivity contribution in [3.8, 4) is 0 Å². The second kappa shape index (κ2) is 6.96. The van der Waals surface area contributed by atoms with Gasteiger partial charge >= 0.3 is 12.5 Å². The molecule has 5 nitrogen and oxygen atoms in total. The van der Waals surface area contributed by atoms with Crippen molar-refractivity contribution in [2.45, 2.75) is 33.4 Å². The minimum absolute atomic E-state index is 0.00456. The first-order chi connectivity index (χ1) is 12.0. The van der Waals surface area contributed by atoms with Crippen LogP contribution in [0.3, 0.4) is 0 Å². The highest BCUT2D eigenvalue weighted by Crippen LogP contribution is 2.25. The maximum absolute atomic E-state index is 12.9. The van der Waals surface area contributed by atoms with Crippen LogP contribution in [0.5, 0.6) is 0 Å². The number of ether oxygens (including phenoxy) is 1. The fourth-order valence-electron chi connectivity index (χ4n) is 2.80. The lowest BCUT2D eigenvalue weighted by molar-refractivity contribution is 0.0377. The van der Waals surface area contributed by atoms with E-state index < -0.39 is 12.5 Å². The molecule has 25 heavy (non-hydrogen) atoms. The number of carbonyl (C=O) groups excluding carboxylic acids is 1.